The molecule has 0 aromatic carbocycles. The molecule has 0 bridgehead atoms. The summed E-state index contributed by atoms with van der Waals surface area (Å²) < 4.78 is 0. The average molecular weight is 337 g/mol. The van der Waals surface area contributed by atoms with E-state index in [2.05, 4.69) is 20.6 Å². The van der Waals surface area contributed by atoms with Gasteiger partial charge < -0.3 is 31.1 Å². The van der Waals surface area contributed by atoms with Gasteiger partial charge in [0.2, 0.25) is 0 Å². The molecule has 0 aromatic heterocycles. The van der Waals surface area contributed by atoms with Crippen molar-refractivity contribution in [1.82, 2.24) is 0 Å². The normalized spacial score (nSPS) is 13.4. The van der Waals surface area contributed by atoms with Crippen molar-refractivity contribution in [2.45, 2.75) is 27.7 Å². The summed E-state index contributed by atoms with van der Waals surface area (Å²) in [5.74, 6) is 0. The number of hydrogen-bond donors (Lipinski definition) is 2. The van der Waals surface area contributed by atoms with E-state index in [0.29, 0.717) is 0 Å². The first kappa shape index (κ1) is 20.9. The maximum Gasteiger partial charge on any atom is 2.00 e. The summed E-state index contributed by atoms with van der Waals surface area (Å²) in [6.07, 6.45) is 0. The van der Waals surface area contributed by atoms with Gasteiger partial charge in [0.1, 0.15) is 0 Å². The minimum Gasteiger partial charge on any atom is -0.792 e. The third-order valence-corrected chi connectivity index (χ3v) is 1.62. The quantitative estimate of drug-likeness (QED) is 0.342. The Morgan fingerprint density at radius 2 is 0.941 bits per heavy atom. The van der Waals surface area contributed by atoms with Gasteiger partial charge in [-0.1, -0.05) is 10.3 Å². The molecule has 17 heavy (non-hydrogen) atoms. The first-order chi connectivity index (χ1) is 7.44. The van der Waals surface area contributed by atoms with E-state index in [-0.39, 0.29) is 43.3 Å². The maximum atomic E-state index is 9.63. The summed E-state index contributed by atoms with van der Waals surface area (Å²) in [6, 6.07) is 0. The molecule has 0 heterocycles. The monoisotopic (exact) mass is 336 g/mol. The summed E-state index contributed by atoms with van der Waals surface area (Å²) in [7, 11) is 0. The molecule has 0 radical (unpaired) electrons. The second-order valence-corrected chi connectivity index (χ2v) is 2.72. The molecule has 100 valence electrons. The van der Waals surface area contributed by atoms with Gasteiger partial charge in [0.25, 0.3) is 0 Å². The van der Waals surface area contributed by atoms with Crippen LogP contribution < -0.4 is 0 Å². The van der Waals surface area contributed by atoms with Crippen LogP contribution in [0, 0.1) is 10.4 Å². The summed E-state index contributed by atoms with van der Waals surface area (Å²) in [6.45, 7) is 5.94. The van der Waals surface area contributed by atoms with Crippen molar-refractivity contribution in [2.75, 3.05) is 0 Å². The van der Waals surface area contributed by atoms with Crippen LogP contribution in [0.25, 0.3) is 0 Å². The fourth-order valence-electron chi connectivity index (χ4n) is 0.277. The second-order valence-electron chi connectivity index (χ2n) is 2.72. The molecule has 0 unspecified atom stereocenters. The van der Waals surface area contributed by atoms with Crippen molar-refractivity contribution in [2.24, 2.45) is 20.6 Å². The van der Waals surface area contributed by atoms with E-state index >= 15 is 0 Å². The van der Waals surface area contributed by atoms with Crippen molar-refractivity contribution >= 4 is 22.8 Å². The third-order valence-electron chi connectivity index (χ3n) is 1.62. The average Bonchev–Trinajstić information content (AvgIpc) is 2.35. The Morgan fingerprint density at radius 1 is 0.706 bits per heavy atom. The standard InChI is InChI=1S/2C4H8N2O2.Pd/c2*1-3(5-7)4(2)6-8;/h2*7-8H,1-2H3;/q;;+2/p-2/b5-3+,6-4?;5-3+,6-4+;. The number of hydrogen-bond acceptors (Lipinski definition) is 8. The van der Waals surface area contributed by atoms with E-state index in [1.165, 1.54) is 27.7 Å². The Kier molecular flexibility index (Phi) is 15.5. The Morgan fingerprint density at radius 3 is 1.00 bits per heavy atom. The Bertz CT molecular complexity index is 261. The molecule has 0 aliphatic carbocycles. The first-order valence-corrected chi connectivity index (χ1v) is 4.16. The van der Waals surface area contributed by atoms with Crippen molar-refractivity contribution < 1.29 is 30.8 Å². The first-order valence-electron chi connectivity index (χ1n) is 4.16. The molecule has 0 aromatic rings. The summed E-state index contributed by atoms with van der Waals surface area (Å²) in [4.78, 5) is 0. The maximum absolute atomic E-state index is 9.63. The number of oxime groups is 2. The van der Waals surface area contributed by atoms with Gasteiger partial charge in [-0.05, 0) is 27.7 Å². The van der Waals surface area contributed by atoms with Gasteiger partial charge in [-0.25, -0.2) is 0 Å². The minimum absolute atomic E-state index is 0. The van der Waals surface area contributed by atoms with Crippen molar-refractivity contribution in [3.8, 4) is 0 Å². The van der Waals surface area contributed by atoms with Crippen LogP contribution in [0.1, 0.15) is 27.7 Å². The van der Waals surface area contributed by atoms with Gasteiger partial charge in [0.05, 0.1) is 22.8 Å². The van der Waals surface area contributed by atoms with Gasteiger partial charge in [-0.3, -0.25) is 0 Å². The molecule has 0 amide bonds. The van der Waals surface area contributed by atoms with Gasteiger partial charge in [-0.2, -0.15) is 0 Å². The molecule has 0 atom stereocenters. The summed E-state index contributed by atoms with van der Waals surface area (Å²) in [5.41, 5.74) is 0.903. The second kappa shape index (κ2) is 12.6. The van der Waals surface area contributed by atoms with Crippen LogP contribution in [-0.2, 0) is 20.4 Å². The van der Waals surface area contributed by atoms with Crippen LogP contribution in [0.15, 0.2) is 20.6 Å². The molecular formula is C8H14N4O4Pd. The number of nitrogens with zero attached hydrogens (tertiary/aromatic N) is 4. The van der Waals surface area contributed by atoms with Crippen LogP contribution in [0.5, 0.6) is 0 Å². The van der Waals surface area contributed by atoms with E-state index in [4.69, 9.17) is 10.4 Å². The van der Waals surface area contributed by atoms with Crippen molar-refractivity contribution in [1.29, 1.82) is 0 Å². The molecule has 0 spiro atoms. The van der Waals surface area contributed by atoms with E-state index in [1.54, 1.807) is 0 Å². The fourth-order valence-corrected chi connectivity index (χ4v) is 0.277. The van der Waals surface area contributed by atoms with Crippen molar-refractivity contribution in [3.63, 3.8) is 0 Å². The van der Waals surface area contributed by atoms with Crippen LogP contribution in [0.4, 0.5) is 0 Å². The van der Waals surface area contributed by atoms with E-state index in [0.717, 1.165) is 0 Å². The predicted molar refractivity (Wildman–Crippen MR) is 62.7 cm³/mol. The fraction of sp³-hybridized carbons (Fsp3) is 0.500. The Labute approximate surface area is 113 Å². The zero-order valence-corrected chi connectivity index (χ0v) is 11.4. The summed E-state index contributed by atoms with van der Waals surface area (Å²) in [5, 5.41) is 45.8. The topological polar surface area (TPSA) is 136 Å². The van der Waals surface area contributed by atoms with Crippen LogP contribution in [0.2, 0.25) is 0 Å². The molecule has 0 aliphatic rings. The van der Waals surface area contributed by atoms with Crippen LogP contribution in [-0.4, -0.2) is 33.3 Å². The van der Waals surface area contributed by atoms with E-state index < -0.39 is 0 Å². The van der Waals surface area contributed by atoms with Crippen LogP contribution >= 0.6 is 0 Å². The van der Waals surface area contributed by atoms with Crippen molar-refractivity contribution in [3.05, 3.63) is 10.4 Å². The Balaban J connectivity index is -0.000000218. The number of rotatable bonds is 2. The summed E-state index contributed by atoms with van der Waals surface area (Å²) >= 11 is 0. The smallest absolute Gasteiger partial charge is 0.792 e. The molecule has 0 saturated carbocycles. The molecule has 0 aliphatic heterocycles. The van der Waals surface area contributed by atoms with Crippen LogP contribution in [0.3, 0.4) is 0 Å². The molecule has 0 fully saturated rings. The van der Waals surface area contributed by atoms with E-state index in [9.17, 15) is 10.4 Å². The largest absolute Gasteiger partial charge is 2.00 e. The minimum atomic E-state index is 0. The predicted octanol–water partition coefficient (Wildman–Crippen LogP) is 1.59. The molecular weight excluding hydrogens is 323 g/mol. The molecule has 8 nitrogen and oxygen atoms in total. The van der Waals surface area contributed by atoms with Gasteiger partial charge in [-0.15, -0.1) is 0 Å². The van der Waals surface area contributed by atoms with Gasteiger partial charge >= 0.3 is 20.4 Å². The molecule has 0 rings (SSSR count). The molecule has 9 heteroatoms. The van der Waals surface area contributed by atoms with E-state index in [1.807, 2.05) is 0 Å². The van der Waals surface area contributed by atoms with Gasteiger partial charge in [0, 0.05) is 0 Å². The SMILES string of the molecule is CC(=N[O-])/C(C)=N/O.CC(=N\[O-])/C(C)=N/O.[Pd+2]. The third kappa shape index (κ3) is 10.8. The Hall–Kier alpha value is -1.46. The van der Waals surface area contributed by atoms with Gasteiger partial charge in [0.15, 0.2) is 0 Å². The molecule has 2 N–H and O–H groups in total. The zero-order valence-electron chi connectivity index (χ0n) is 9.82. The molecule has 0 saturated heterocycles. The zero-order chi connectivity index (χ0) is 13.1.